The number of nitrogens with two attached hydrogens (primary N) is 1. The fourth-order valence-corrected chi connectivity index (χ4v) is 2.37. The summed E-state index contributed by atoms with van der Waals surface area (Å²) in [7, 11) is 0. The van der Waals surface area contributed by atoms with E-state index in [0.717, 1.165) is 33.3 Å². The maximum atomic E-state index is 5.81. The van der Waals surface area contributed by atoms with E-state index in [1.807, 2.05) is 43.3 Å². The number of fused-ring (bicyclic) bond motifs is 1. The van der Waals surface area contributed by atoms with Gasteiger partial charge in [0.25, 0.3) is 0 Å². The molecule has 1 heterocycles. The van der Waals surface area contributed by atoms with Gasteiger partial charge in [-0.3, -0.25) is 0 Å². The Morgan fingerprint density at radius 2 is 1.58 bits per heavy atom. The normalized spacial score (nSPS) is 10.8. The molecular formula is C16H15N3. The van der Waals surface area contributed by atoms with E-state index in [2.05, 4.69) is 22.3 Å². The average Bonchev–Trinajstić information content (AvgIpc) is 2.48. The van der Waals surface area contributed by atoms with E-state index in [9.17, 15) is 0 Å². The van der Waals surface area contributed by atoms with E-state index >= 15 is 0 Å². The third-order valence-corrected chi connectivity index (χ3v) is 3.36. The van der Waals surface area contributed by atoms with Crippen molar-refractivity contribution < 1.29 is 0 Å². The second kappa shape index (κ2) is 4.78. The average molecular weight is 249 g/mol. The van der Waals surface area contributed by atoms with Gasteiger partial charge < -0.3 is 5.73 Å². The summed E-state index contributed by atoms with van der Waals surface area (Å²) in [4.78, 5) is 0. The van der Waals surface area contributed by atoms with Gasteiger partial charge in [-0.1, -0.05) is 48.5 Å². The lowest BCUT2D eigenvalue weighted by molar-refractivity contribution is 0.999. The van der Waals surface area contributed by atoms with Crippen molar-refractivity contribution in [2.45, 2.75) is 13.5 Å². The fourth-order valence-electron chi connectivity index (χ4n) is 2.37. The van der Waals surface area contributed by atoms with Crippen LogP contribution in [-0.2, 0) is 6.54 Å². The van der Waals surface area contributed by atoms with Crippen LogP contribution in [0, 0.1) is 6.92 Å². The van der Waals surface area contributed by atoms with E-state index in [1.54, 1.807) is 0 Å². The van der Waals surface area contributed by atoms with Gasteiger partial charge in [-0.2, -0.15) is 5.10 Å². The first kappa shape index (κ1) is 11.8. The lowest BCUT2D eigenvalue weighted by Crippen LogP contribution is -2.01. The Bertz CT molecular complexity index is 735. The number of nitrogens with zero attached hydrogens (tertiary/aromatic N) is 2. The smallest absolute Gasteiger partial charge is 0.101 e. The summed E-state index contributed by atoms with van der Waals surface area (Å²) in [5.41, 5.74) is 9.82. The fraction of sp³-hybridized carbons (Fsp3) is 0.125. The maximum Gasteiger partial charge on any atom is 0.101 e. The summed E-state index contributed by atoms with van der Waals surface area (Å²) in [6, 6.07) is 16.3. The van der Waals surface area contributed by atoms with E-state index in [4.69, 9.17) is 5.73 Å². The van der Waals surface area contributed by atoms with Crippen LogP contribution in [-0.4, -0.2) is 10.2 Å². The Kier molecular flexibility index (Phi) is 2.97. The van der Waals surface area contributed by atoms with Gasteiger partial charge in [-0.25, -0.2) is 0 Å². The zero-order chi connectivity index (χ0) is 13.2. The van der Waals surface area contributed by atoms with Crippen molar-refractivity contribution in [3.63, 3.8) is 0 Å². The third kappa shape index (κ3) is 1.98. The van der Waals surface area contributed by atoms with Crippen LogP contribution in [0.1, 0.15) is 11.3 Å². The van der Waals surface area contributed by atoms with Crippen LogP contribution < -0.4 is 5.73 Å². The van der Waals surface area contributed by atoms with Crippen LogP contribution in [0.15, 0.2) is 48.5 Å². The molecule has 0 amide bonds. The summed E-state index contributed by atoms with van der Waals surface area (Å²) < 4.78 is 0. The Morgan fingerprint density at radius 3 is 2.37 bits per heavy atom. The topological polar surface area (TPSA) is 51.8 Å². The molecule has 0 unspecified atom stereocenters. The monoisotopic (exact) mass is 249 g/mol. The van der Waals surface area contributed by atoms with E-state index in [1.165, 1.54) is 0 Å². The molecule has 0 atom stereocenters. The minimum Gasteiger partial charge on any atom is -0.326 e. The van der Waals surface area contributed by atoms with Gasteiger partial charge >= 0.3 is 0 Å². The Labute approximate surface area is 112 Å². The zero-order valence-electron chi connectivity index (χ0n) is 10.8. The highest BCUT2D eigenvalue weighted by molar-refractivity contribution is 5.95. The van der Waals surface area contributed by atoms with Crippen LogP contribution in [0.4, 0.5) is 0 Å². The van der Waals surface area contributed by atoms with Gasteiger partial charge in [0.1, 0.15) is 5.69 Å². The maximum absolute atomic E-state index is 5.81. The number of aryl methyl sites for hydroxylation is 1. The molecule has 1 aromatic heterocycles. The van der Waals surface area contributed by atoms with Crippen molar-refractivity contribution in [1.29, 1.82) is 0 Å². The Morgan fingerprint density at radius 1 is 0.895 bits per heavy atom. The van der Waals surface area contributed by atoms with Crippen molar-refractivity contribution in [1.82, 2.24) is 10.2 Å². The van der Waals surface area contributed by atoms with Crippen molar-refractivity contribution in [3.8, 4) is 11.3 Å². The van der Waals surface area contributed by atoms with Crippen molar-refractivity contribution in [2.24, 2.45) is 5.73 Å². The standard InChI is InChI=1S/C16H15N3/c1-11-13-7-4-5-9-15(13)16(19-18-11)14-8-3-2-6-12(14)10-17/h2-9H,10,17H2,1H3. The molecular weight excluding hydrogens is 234 g/mol. The lowest BCUT2D eigenvalue weighted by atomic mass is 9.99. The van der Waals surface area contributed by atoms with Crippen LogP contribution in [0.25, 0.3) is 22.0 Å². The Hall–Kier alpha value is -2.26. The summed E-state index contributed by atoms with van der Waals surface area (Å²) in [6.45, 7) is 2.48. The molecule has 0 bridgehead atoms. The van der Waals surface area contributed by atoms with Crippen molar-refractivity contribution in [2.75, 3.05) is 0 Å². The molecule has 0 saturated carbocycles. The summed E-state index contributed by atoms with van der Waals surface area (Å²) in [5.74, 6) is 0. The molecule has 19 heavy (non-hydrogen) atoms. The minimum atomic E-state index is 0.500. The van der Waals surface area contributed by atoms with Gasteiger partial charge in [0.2, 0.25) is 0 Å². The van der Waals surface area contributed by atoms with Gasteiger partial charge in [0.15, 0.2) is 0 Å². The van der Waals surface area contributed by atoms with Crippen LogP contribution in [0.5, 0.6) is 0 Å². The molecule has 0 aliphatic heterocycles. The third-order valence-electron chi connectivity index (χ3n) is 3.36. The van der Waals surface area contributed by atoms with Crippen LogP contribution in [0.2, 0.25) is 0 Å². The first-order valence-corrected chi connectivity index (χ1v) is 6.31. The van der Waals surface area contributed by atoms with E-state index in [-0.39, 0.29) is 0 Å². The number of hydrogen-bond donors (Lipinski definition) is 1. The summed E-state index contributed by atoms with van der Waals surface area (Å²) in [5, 5.41) is 10.9. The highest BCUT2D eigenvalue weighted by Crippen LogP contribution is 2.29. The first-order chi connectivity index (χ1) is 9.31. The quantitative estimate of drug-likeness (QED) is 0.759. The Balaban J connectivity index is 2.34. The van der Waals surface area contributed by atoms with Gasteiger partial charge in [-0.15, -0.1) is 5.10 Å². The molecule has 0 spiro atoms. The van der Waals surface area contributed by atoms with Crippen molar-refractivity contribution in [3.05, 3.63) is 59.8 Å². The molecule has 2 aromatic carbocycles. The van der Waals surface area contributed by atoms with Gasteiger partial charge in [-0.05, 0) is 12.5 Å². The van der Waals surface area contributed by atoms with Crippen LogP contribution in [0.3, 0.4) is 0 Å². The molecule has 2 N–H and O–H groups in total. The SMILES string of the molecule is Cc1nnc(-c2ccccc2CN)c2ccccc12. The minimum absolute atomic E-state index is 0.500. The highest BCUT2D eigenvalue weighted by atomic mass is 15.1. The van der Waals surface area contributed by atoms with Crippen molar-refractivity contribution >= 4 is 10.8 Å². The molecule has 3 rings (SSSR count). The molecule has 0 saturated heterocycles. The van der Waals surface area contributed by atoms with E-state index < -0.39 is 0 Å². The second-order valence-electron chi connectivity index (χ2n) is 4.54. The largest absolute Gasteiger partial charge is 0.326 e. The lowest BCUT2D eigenvalue weighted by Gasteiger charge is -2.10. The van der Waals surface area contributed by atoms with E-state index in [0.29, 0.717) is 6.54 Å². The first-order valence-electron chi connectivity index (χ1n) is 6.31. The summed E-state index contributed by atoms with van der Waals surface area (Å²) in [6.07, 6.45) is 0. The number of hydrogen-bond acceptors (Lipinski definition) is 3. The molecule has 0 fully saturated rings. The molecule has 94 valence electrons. The molecule has 0 radical (unpaired) electrons. The predicted octanol–water partition coefficient (Wildman–Crippen LogP) is 3.06. The molecule has 3 aromatic rings. The predicted molar refractivity (Wildman–Crippen MR) is 77.6 cm³/mol. The van der Waals surface area contributed by atoms with Gasteiger partial charge in [0, 0.05) is 22.9 Å². The van der Waals surface area contributed by atoms with Crippen LogP contribution >= 0.6 is 0 Å². The molecule has 0 aliphatic carbocycles. The number of rotatable bonds is 2. The number of aromatic nitrogens is 2. The highest BCUT2D eigenvalue weighted by Gasteiger charge is 2.10. The second-order valence-corrected chi connectivity index (χ2v) is 4.54. The van der Waals surface area contributed by atoms with Gasteiger partial charge in [0.05, 0.1) is 5.69 Å². The molecule has 3 heteroatoms. The number of benzene rings is 2. The molecule has 3 nitrogen and oxygen atoms in total. The molecule has 0 aliphatic rings. The zero-order valence-corrected chi connectivity index (χ0v) is 10.8. The summed E-state index contributed by atoms with van der Waals surface area (Å²) >= 11 is 0.